The molecule has 136 valence electrons. The number of nitrogens with one attached hydrogen (secondary N) is 1. The van der Waals surface area contributed by atoms with E-state index in [0.29, 0.717) is 38.4 Å². The van der Waals surface area contributed by atoms with Gasteiger partial charge in [-0.05, 0) is 43.4 Å². The van der Waals surface area contributed by atoms with Crippen LogP contribution in [-0.2, 0) is 9.59 Å². The van der Waals surface area contributed by atoms with E-state index in [-0.39, 0.29) is 11.8 Å². The van der Waals surface area contributed by atoms with E-state index in [1.165, 1.54) is 11.3 Å². The van der Waals surface area contributed by atoms with Gasteiger partial charge in [0, 0.05) is 38.4 Å². The summed E-state index contributed by atoms with van der Waals surface area (Å²) in [7, 11) is 0. The number of amides is 2. The molecule has 0 radical (unpaired) electrons. The molecule has 0 bridgehead atoms. The Bertz CT molecular complexity index is 644. The number of carbonyl (C=O) groups is 2. The van der Waals surface area contributed by atoms with Gasteiger partial charge in [-0.2, -0.15) is 0 Å². The van der Waals surface area contributed by atoms with Crippen LogP contribution in [0.2, 0.25) is 0 Å². The molecule has 0 aromatic heterocycles. The Balaban J connectivity index is 1.57. The molecule has 1 aliphatic carbocycles. The van der Waals surface area contributed by atoms with Crippen LogP contribution in [0.3, 0.4) is 0 Å². The maximum Gasteiger partial charge on any atom is 0.238 e. The summed E-state index contributed by atoms with van der Waals surface area (Å²) in [5, 5.41) is 2.95. The Hall–Kier alpha value is -2.04. The van der Waals surface area contributed by atoms with Gasteiger partial charge in [-0.25, -0.2) is 0 Å². The second-order valence-electron chi connectivity index (χ2n) is 7.80. The Labute approximate surface area is 150 Å². The average Bonchev–Trinajstić information content (AvgIpc) is 3.41. The van der Waals surface area contributed by atoms with E-state index in [4.69, 9.17) is 0 Å². The molecule has 25 heavy (non-hydrogen) atoms. The van der Waals surface area contributed by atoms with E-state index < -0.39 is 5.41 Å². The Kier molecular flexibility index (Phi) is 5.02. The molecule has 0 atom stereocenters. The van der Waals surface area contributed by atoms with Crippen molar-refractivity contribution in [1.82, 2.24) is 10.2 Å². The molecule has 1 heterocycles. The van der Waals surface area contributed by atoms with Gasteiger partial charge in [-0.3, -0.25) is 9.59 Å². The molecule has 2 fully saturated rings. The van der Waals surface area contributed by atoms with Crippen LogP contribution >= 0.6 is 0 Å². The van der Waals surface area contributed by atoms with Gasteiger partial charge in [0.15, 0.2) is 0 Å². The van der Waals surface area contributed by atoms with Crippen molar-refractivity contribution < 1.29 is 9.59 Å². The molecular weight excluding hydrogens is 314 g/mol. The number of nitrogens with zero attached hydrogens (tertiary/aromatic N) is 2. The summed E-state index contributed by atoms with van der Waals surface area (Å²) in [5.41, 5.74) is 1.68. The molecular formula is C20H29N3O2. The highest BCUT2D eigenvalue weighted by Gasteiger charge is 2.58. The molecule has 2 aliphatic rings. The molecule has 2 amide bonds. The van der Waals surface area contributed by atoms with Gasteiger partial charge >= 0.3 is 0 Å². The maximum atomic E-state index is 12.9. The minimum atomic E-state index is -0.777. The number of carbonyl (C=O) groups excluding carboxylic acids is 2. The SMILES string of the molecule is Cc1cccc(N2CCN(C(=O)C3(C(=O)NCC(C)C)CC3)CC2)c1. The van der Waals surface area contributed by atoms with Crippen molar-refractivity contribution in [3.05, 3.63) is 29.8 Å². The van der Waals surface area contributed by atoms with E-state index in [1.54, 1.807) is 0 Å². The zero-order valence-corrected chi connectivity index (χ0v) is 15.5. The first-order chi connectivity index (χ1) is 11.9. The summed E-state index contributed by atoms with van der Waals surface area (Å²) in [5.74, 6) is 0.345. The van der Waals surface area contributed by atoms with Gasteiger partial charge in [0.2, 0.25) is 11.8 Å². The lowest BCUT2D eigenvalue weighted by atomic mass is 10.0. The Morgan fingerprint density at radius 2 is 1.84 bits per heavy atom. The number of hydrogen-bond donors (Lipinski definition) is 1. The van der Waals surface area contributed by atoms with Crippen LogP contribution in [0.25, 0.3) is 0 Å². The first kappa shape index (κ1) is 17.8. The van der Waals surface area contributed by atoms with Crippen LogP contribution in [0.1, 0.15) is 32.3 Å². The predicted molar refractivity (Wildman–Crippen MR) is 99.5 cm³/mol. The number of aryl methyl sites for hydroxylation is 1. The number of rotatable bonds is 5. The van der Waals surface area contributed by atoms with Gasteiger partial charge in [0.25, 0.3) is 0 Å². The van der Waals surface area contributed by atoms with Gasteiger partial charge in [-0.1, -0.05) is 26.0 Å². The molecule has 5 heteroatoms. The molecule has 0 spiro atoms. The van der Waals surface area contributed by atoms with E-state index in [1.807, 2.05) is 4.90 Å². The lowest BCUT2D eigenvalue weighted by molar-refractivity contribution is -0.144. The molecule has 1 saturated heterocycles. The minimum Gasteiger partial charge on any atom is -0.368 e. The topological polar surface area (TPSA) is 52.7 Å². The van der Waals surface area contributed by atoms with Crippen LogP contribution < -0.4 is 10.2 Å². The van der Waals surface area contributed by atoms with E-state index >= 15 is 0 Å². The van der Waals surface area contributed by atoms with E-state index in [2.05, 4.69) is 55.3 Å². The quantitative estimate of drug-likeness (QED) is 0.834. The van der Waals surface area contributed by atoms with E-state index in [0.717, 1.165) is 13.1 Å². The summed E-state index contributed by atoms with van der Waals surface area (Å²) < 4.78 is 0. The highest BCUT2D eigenvalue weighted by Crippen LogP contribution is 2.47. The van der Waals surface area contributed by atoms with Crippen molar-refractivity contribution in [2.24, 2.45) is 11.3 Å². The van der Waals surface area contributed by atoms with Crippen molar-refractivity contribution in [3.63, 3.8) is 0 Å². The molecule has 1 aromatic rings. The standard InChI is InChI=1S/C20H29N3O2/c1-15(2)14-21-18(24)20(7-8-20)19(25)23-11-9-22(10-12-23)17-6-4-5-16(3)13-17/h4-6,13,15H,7-12,14H2,1-3H3,(H,21,24). The summed E-state index contributed by atoms with van der Waals surface area (Å²) in [6, 6.07) is 8.46. The van der Waals surface area contributed by atoms with E-state index in [9.17, 15) is 9.59 Å². The van der Waals surface area contributed by atoms with Gasteiger partial charge < -0.3 is 15.1 Å². The Morgan fingerprint density at radius 1 is 1.16 bits per heavy atom. The highest BCUT2D eigenvalue weighted by atomic mass is 16.2. The number of piperazine rings is 1. The largest absolute Gasteiger partial charge is 0.368 e. The number of hydrogen-bond acceptors (Lipinski definition) is 3. The van der Waals surface area contributed by atoms with Crippen LogP contribution in [0, 0.1) is 18.3 Å². The smallest absolute Gasteiger partial charge is 0.238 e. The fourth-order valence-corrected chi connectivity index (χ4v) is 3.42. The fraction of sp³-hybridized carbons (Fsp3) is 0.600. The van der Waals surface area contributed by atoms with Crippen LogP contribution in [0.15, 0.2) is 24.3 Å². The molecule has 1 saturated carbocycles. The van der Waals surface area contributed by atoms with Gasteiger partial charge in [0.1, 0.15) is 5.41 Å². The van der Waals surface area contributed by atoms with Gasteiger partial charge in [0.05, 0.1) is 0 Å². The minimum absolute atomic E-state index is 0.0256. The fourth-order valence-electron chi connectivity index (χ4n) is 3.42. The summed E-state index contributed by atoms with van der Waals surface area (Å²) in [6.07, 6.45) is 1.38. The van der Waals surface area contributed by atoms with Crippen molar-refractivity contribution in [1.29, 1.82) is 0 Å². The van der Waals surface area contributed by atoms with Crippen molar-refractivity contribution in [2.45, 2.75) is 33.6 Å². The summed E-state index contributed by atoms with van der Waals surface area (Å²) in [4.78, 5) is 29.6. The molecule has 3 rings (SSSR count). The Morgan fingerprint density at radius 3 is 2.40 bits per heavy atom. The second kappa shape index (κ2) is 7.06. The van der Waals surface area contributed by atoms with Crippen LogP contribution in [0.4, 0.5) is 5.69 Å². The molecule has 1 aliphatic heterocycles. The van der Waals surface area contributed by atoms with Crippen molar-refractivity contribution in [3.8, 4) is 0 Å². The summed E-state index contributed by atoms with van der Waals surface area (Å²) >= 11 is 0. The maximum absolute atomic E-state index is 12.9. The second-order valence-corrected chi connectivity index (χ2v) is 7.80. The third-order valence-electron chi connectivity index (χ3n) is 5.20. The molecule has 0 unspecified atom stereocenters. The third kappa shape index (κ3) is 3.80. The third-order valence-corrected chi connectivity index (χ3v) is 5.20. The van der Waals surface area contributed by atoms with Crippen molar-refractivity contribution in [2.75, 3.05) is 37.6 Å². The zero-order valence-electron chi connectivity index (χ0n) is 15.5. The molecule has 1 N–H and O–H groups in total. The highest BCUT2D eigenvalue weighted by molar-refractivity contribution is 6.07. The monoisotopic (exact) mass is 343 g/mol. The lowest BCUT2D eigenvalue weighted by Crippen LogP contribution is -2.53. The number of anilines is 1. The van der Waals surface area contributed by atoms with Gasteiger partial charge in [-0.15, -0.1) is 0 Å². The lowest BCUT2D eigenvalue weighted by Gasteiger charge is -2.37. The first-order valence-corrected chi connectivity index (χ1v) is 9.32. The summed E-state index contributed by atoms with van der Waals surface area (Å²) in [6.45, 7) is 9.86. The zero-order chi connectivity index (χ0) is 18.0. The predicted octanol–water partition coefficient (Wildman–Crippen LogP) is 2.20. The number of benzene rings is 1. The van der Waals surface area contributed by atoms with Crippen LogP contribution in [0.5, 0.6) is 0 Å². The normalized spacial score (nSPS) is 19.0. The molecule has 5 nitrogen and oxygen atoms in total. The van der Waals surface area contributed by atoms with Crippen LogP contribution in [-0.4, -0.2) is 49.4 Å². The average molecular weight is 343 g/mol. The first-order valence-electron chi connectivity index (χ1n) is 9.32. The van der Waals surface area contributed by atoms with Crippen molar-refractivity contribution >= 4 is 17.5 Å². The molecule has 1 aromatic carbocycles.